The second-order valence-electron chi connectivity index (χ2n) is 2.45. The standard InChI is InChI=1S/C8H12O.CH4/c1-3-8-6-7(2)4-5-9-8;/h3-5,7-8H,1,6H2,2H3;1H4. The van der Waals surface area contributed by atoms with Crippen LogP contribution in [0.2, 0.25) is 0 Å². The summed E-state index contributed by atoms with van der Waals surface area (Å²) in [5, 5.41) is 0. The third-order valence-electron chi connectivity index (χ3n) is 1.53. The summed E-state index contributed by atoms with van der Waals surface area (Å²) < 4.78 is 5.20. The van der Waals surface area contributed by atoms with E-state index >= 15 is 0 Å². The second kappa shape index (κ2) is 4.15. The first-order chi connectivity index (χ1) is 4.33. The lowest BCUT2D eigenvalue weighted by Crippen LogP contribution is -2.13. The van der Waals surface area contributed by atoms with Crippen molar-refractivity contribution in [3.05, 3.63) is 25.0 Å². The third kappa shape index (κ3) is 2.26. The minimum absolute atomic E-state index is 0. The van der Waals surface area contributed by atoms with E-state index in [2.05, 4.69) is 19.6 Å². The van der Waals surface area contributed by atoms with Gasteiger partial charge in [-0.25, -0.2) is 0 Å². The maximum absolute atomic E-state index is 5.20. The SMILES string of the molecule is C.C=CC1CC(C)C=CO1. The fraction of sp³-hybridized carbons (Fsp3) is 0.556. The van der Waals surface area contributed by atoms with Gasteiger partial charge in [-0.2, -0.15) is 0 Å². The molecule has 0 fully saturated rings. The molecule has 0 N–H and O–H groups in total. The molecule has 0 saturated carbocycles. The highest BCUT2D eigenvalue weighted by Gasteiger charge is 2.11. The molecule has 10 heavy (non-hydrogen) atoms. The predicted molar refractivity (Wildman–Crippen MR) is 44.7 cm³/mol. The highest BCUT2D eigenvalue weighted by Crippen LogP contribution is 2.16. The molecule has 2 atom stereocenters. The minimum Gasteiger partial charge on any atom is -0.494 e. The monoisotopic (exact) mass is 140 g/mol. The van der Waals surface area contributed by atoms with E-state index in [0.29, 0.717) is 5.92 Å². The van der Waals surface area contributed by atoms with Crippen LogP contribution in [0, 0.1) is 5.92 Å². The van der Waals surface area contributed by atoms with Crippen molar-refractivity contribution < 1.29 is 4.74 Å². The van der Waals surface area contributed by atoms with Crippen LogP contribution in [-0.4, -0.2) is 6.10 Å². The van der Waals surface area contributed by atoms with E-state index in [1.807, 2.05) is 6.08 Å². The van der Waals surface area contributed by atoms with Crippen LogP contribution in [0.15, 0.2) is 25.0 Å². The van der Waals surface area contributed by atoms with Gasteiger partial charge >= 0.3 is 0 Å². The van der Waals surface area contributed by atoms with E-state index in [9.17, 15) is 0 Å². The quantitative estimate of drug-likeness (QED) is 0.509. The molecule has 1 heteroatoms. The number of hydrogen-bond donors (Lipinski definition) is 0. The third-order valence-corrected chi connectivity index (χ3v) is 1.53. The summed E-state index contributed by atoms with van der Waals surface area (Å²) in [6.07, 6.45) is 6.99. The summed E-state index contributed by atoms with van der Waals surface area (Å²) in [7, 11) is 0. The minimum atomic E-state index is 0. The average Bonchev–Trinajstić information content (AvgIpc) is 1.88. The summed E-state index contributed by atoms with van der Waals surface area (Å²) >= 11 is 0. The second-order valence-corrected chi connectivity index (χ2v) is 2.45. The first kappa shape index (κ1) is 9.28. The van der Waals surface area contributed by atoms with Crippen LogP contribution in [0.1, 0.15) is 20.8 Å². The number of ether oxygens (including phenoxy) is 1. The fourth-order valence-electron chi connectivity index (χ4n) is 0.933. The molecule has 0 aliphatic carbocycles. The average molecular weight is 140 g/mol. The molecule has 0 radical (unpaired) electrons. The van der Waals surface area contributed by atoms with Crippen LogP contribution in [0.25, 0.3) is 0 Å². The van der Waals surface area contributed by atoms with Crippen molar-refractivity contribution in [2.45, 2.75) is 26.9 Å². The Balaban J connectivity index is 0.000000810. The lowest BCUT2D eigenvalue weighted by Gasteiger charge is -2.19. The van der Waals surface area contributed by atoms with Crippen molar-refractivity contribution >= 4 is 0 Å². The van der Waals surface area contributed by atoms with Crippen molar-refractivity contribution in [1.82, 2.24) is 0 Å². The first-order valence-corrected chi connectivity index (χ1v) is 3.27. The van der Waals surface area contributed by atoms with E-state index < -0.39 is 0 Å². The van der Waals surface area contributed by atoms with Crippen molar-refractivity contribution in [2.75, 3.05) is 0 Å². The molecule has 0 spiro atoms. The Hall–Kier alpha value is -0.720. The lowest BCUT2D eigenvalue weighted by molar-refractivity contribution is 0.149. The van der Waals surface area contributed by atoms with Gasteiger partial charge in [0.25, 0.3) is 0 Å². The molecule has 2 unspecified atom stereocenters. The zero-order valence-electron chi connectivity index (χ0n) is 5.71. The summed E-state index contributed by atoms with van der Waals surface area (Å²) in [6.45, 7) is 5.84. The fourth-order valence-corrected chi connectivity index (χ4v) is 0.933. The Kier molecular flexibility index (Phi) is 3.85. The summed E-state index contributed by atoms with van der Waals surface area (Å²) in [4.78, 5) is 0. The van der Waals surface area contributed by atoms with E-state index in [0.717, 1.165) is 6.42 Å². The maximum Gasteiger partial charge on any atom is 0.116 e. The van der Waals surface area contributed by atoms with Crippen molar-refractivity contribution in [1.29, 1.82) is 0 Å². The number of hydrogen-bond acceptors (Lipinski definition) is 1. The Bertz CT molecular complexity index is 127. The smallest absolute Gasteiger partial charge is 0.116 e. The molecular formula is C9H16O. The molecule has 1 aliphatic heterocycles. The topological polar surface area (TPSA) is 9.23 Å². The van der Waals surface area contributed by atoms with Crippen LogP contribution in [0.4, 0.5) is 0 Å². The molecule has 0 aromatic carbocycles. The highest BCUT2D eigenvalue weighted by molar-refractivity contribution is 4.93. The number of rotatable bonds is 1. The van der Waals surface area contributed by atoms with E-state index in [1.54, 1.807) is 6.26 Å². The van der Waals surface area contributed by atoms with Gasteiger partial charge in [-0.15, -0.1) is 0 Å². The van der Waals surface area contributed by atoms with Crippen LogP contribution in [-0.2, 0) is 4.74 Å². The Morgan fingerprint density at radius 3 is 2.80 bits per heavy atom. The van der Waals surface area contributed by atoms with Crippen LogP contribution >= 0.6 is 0 Å². The van der Waals surface area contributed by atoms with Gasteiger partial charge in [0.2, 0.25) is 0 Å². The maximum atomic E-state index is 5.20. The van der Waals surface area contributed by atoms with Gasteiger partial charge < -0.3 is 4.74 Å². The largest absolute Gasteiger partial charge is 0.494 e. The van der Waals surface area contributed by atoms with Gasteiger partial charge in [-0.1, -0.05) is 27.0 Å². The van der Waals surface area contributed by atoms with E-state index in [1.165, 1.54) is 0 Å². The van der Waals surface area contributed by atoms with Gasteiger partial charge in [0.05, 0.1) is 6.26 Å². The first-order valence-electron chi connectivity index (χ1n) is 3.27. The van der Waals surface area contributed by atoms with Gasteiger partial charge in [0.1, 0.15) is 6.10 Å². The zero-order valence-corrected chi connectivity index (χ0v) is 5.71. The zero-order chi connectivity index (χ0) is 6.69. The summed E-state index contributed by atoms with van der Waals surface area (Å²) in [6, 6.07) is 0. The summed E-state index contributed by atoms with van der Waals surface area (Å²) in [5.74, 6) is 0.641. The molecule has 1 nitrogen and oxygen atoms in total. The van der Waals surface area contributed by atoms with Crippen molar-refractivity contribution in [2.24, 2.45) is 5.92 Å². The van der Waals surface area contributed by atoms with Gasteiger partial charge in [0, 0.05) is 0 Å². The molecular weight excluding hydrogens is 124 g/mol. The molecule has 1 heterocycles. The van der Waals surface area contributed by atoms with Crippen LogP contribution in [0.3, 0.4) is 0 Å². The molecule has 0 aromatic heterocycles. The normalized spacial score (nSPS) is 30.1. The van der Waals surface area contributed by atoms with Crippen LogP contribution in [0.5, 0.6) is 0 Å². The molecule has 0 amide bonds. The molecule has 1 aliphatic rings. The molecule has 1 rings (SSSR count). The van der Waals surface area contributed by atoms with Crippen molar-refractivity contribution in [3.63, 3.8) is 0 Å². The van der Waals surface area contributed by atoms with Crippen LogP contribution < -0.4 is 0 Å². The highest BCUT2D eigenvalue weighted by atomic mass is 16.5. The molecule has 0 bridgehead atoms. The predicted octanol–water partition coefficient (Wildman–Crippen LogP) is 2.75. The molecule has 0 saturated heterocycles. The number of allylic oxidation sites excluding steroid dienone is 1. The van der Waals surface area contributed by atoms with Gasteiger partial charge in [-0.3, -0.25) is 0 Å². The Labute approximate surface area is 63.4 Å². The van der Waals surface area contributed by atoms with E-state index in [-0.39, 0.29) is 13.5 Å². The van der Waals surface area contributed by atoms with E-state index in [4.69, 9.17) is 4.74 Å². The Morgan fingerprint density at radius 1 is 1.70 bits per heavy atom. The van der Waals surface area contributed by atoms with Crippen molar-refractivity contribution in [3.8, 4) is 0 Å². The lowest BCUT2D eigenvalue weighted by atomic mass is 10.0. The Morgan fingerprint density at radius 2 is 2.40 bits per heavy atom. The summed E-state index contributed by atoms with van der Waals surface area (Å²) in [5.41, 5.74) is 0. The molecule has 0 aromatic rings. The van der Waals surface area contributed by atoms with Gasteiger partial charge in [0.15, 0.2) is 0 Å². The van der Waals surface area contributed by atoms with Gasteiger partial charge in [-0.05, 0) is 18.4 Å². The molecule has 58 valence electrons.